The smallest absolute Gasteiger partial charge is 0.315 e. The molecule has 1 aliphatic heterocycles. The van der Waals surface area contributed by atoms with Crippen LogP contribution in [0.3, 0.4) is 0 Å². The maximum absolute atomic E-state index is 14.0. The first-order valence-corrected chi connectivity index (χ1v) is 15.9. The van der Waals surface area contributed by atoms with Gasteiger partial charge in [0.25, 0.3) is 0 Å². The number of methoxy groups -OCH3 is 1. The van der Waals surface area contributed by atoms with E-state index in [4.69, 9.17) is 18.6 Å². The number of hydrogen-bond donors (Lipinski definition) is 1. The molecule has 7 atom stereocenters. The lowest BCUT2D eigenvalue weighted by Crippen LogP contribution is -2.68. The Hall–Kier alpha value is -0.473. The molecule has 4 rings (SSSR count). The molecule has 0 aromatic rings. The summed E-state index contributed by atoms with van der Waals surface area (Å²) in [5, 5.41) is 11.5. The largest absolute Gasteiger partial charge is 0.468 e. The summed E-state index contributed by atoms with van der Waals surface area (Å²) >= 11 is 0. The van der Waals surface area contributed by atoms with Crippen LogP contribution in [0.2, 0.25) is 18.1 Å². The predicted molar refractivity (Wildman–Crippen MR) is 129 cm³/mol. The molecule has 1 N–H and O–H groups in total. The third-order valence-electron chi connectivity index (χ3n) is 10.5. The molecule has 3 aliphatic carbocycles. The second kappa shape index (κ2) is 8.29. The molecule has 1 heterocycles. The quantitative estimate of drug-likeness (QED) is 0.456. The van der Waals surface area contributed by atoms with Crippen molar-refractivity contribution in [2.75, 3.05) is 20.3 Å². The second-order valence-electron chi connectivity index (χ2n) is 13.0. The van der Waals surface area contributed by atoms with Crippen molar-refractivity contribution in [2.24, 2.45) is 28.6 Å². The molecule has 3 saturated carbocycles. The van der Waals surface area contributed by atoms with Gasteiger partial charge in [0.15, 0.2) is 14.1 Å². The minimum atomic E-state index is -2.28. The summed E-state index contributed by atoms with van der Waals surface area (Å²) in [6, 6.07) is 0. The van der Waals surface area contributed by atoms with Crippen molar-refractivity contribution >= 4 is 14.3 Å². The molecule has 4 fully saturated rings. The highest BCUT2D eigenvalue weighted by molar-refractivity contribution is 6.74. The van der Waals surface area contributed by atoms with Gasteiger partial charge in [-0.05, 0) is 61.1 Å². The monoisotopic (exact) mass is 482 g/mol. The zero-order valence-corrected chi connectivity index (χ0v) is 23.0. The van der Waals surface area contributed by atoms with E-state index in [2.05, 4.69) is 47.7 Å². The van der Waals surface area contributed by atoms with Crippen LogP contribution >= 0.6 is 0 Å². The van der Waals surface area contributed by atoms with Gasteiger partial charge in [0.1, 0.15) is 5.41 Å². The van der Waals surface area contributed by atoms with Crippen LogP contribution in [0.5, 0.6) is 0 Å². The fraction of sp³-hybridized carbons (Fsp3) is 0.962. The first-order valence-electron chi connectivity index (χ1n) is 13.0. The zero-order chi connectivity index (χ0) is 24.4. The fourth-order valence-corrected chi connectivity index (χ4v) is 9.13. The predicted octanol–water partition coefficient (Wildman–Crippen LogP) is 4.90. The van der Waals surface area contributed by atoms with Crippen molar-refractivity contribution in [2.45, 2.75) is 109 Å². The molecule has 7 heteroatoms. The third kappa shape index (κ3) is 3.67. The molecule has 1 saturated heterocycles. The fourth-order valence-electron chi connectivity index (χ4n) is 7.79. The first-order chi connectivity index (χ1) is 15.3. The Morgan fingerprint density at radius 1 is 1.03 bits per heavy atom. The highest BCUT2D eigenvalue weighted by Gasteiger charge is 2.72. The molecule has 0 unspecified atom stereocenters. The summed E-state index contributed by atoms with van der Waals surface area (Å²) < 4.78 is 25.5. The van der Waals surface area contributed by atoms with Crippen molar-refractivity contribution in [3.8, 4) is 0 Å². The van der Waals surface area contributed by atoms with Crippen molar-refractivity contribution < 1.29 is 28.5 Å². The first kappa shape index (κ1) is 25.6. The summed E-state index contributed by atoms with van der Waals surface area (Å²) in [7, 11) is -0.784. The maximum atomic E-state index is 14.0. The Balaban J connectivity index is 1.95. The van der Waals surface area contributed by atoms with Gasteiger partial charge in [-0.2, -0.15) is 0 Å². The number of carbonyl (C=O) groups excluding carboxylic acids is 1. The number of ether oxygens (including phenoxy) is 3. The van der Waals surface area contributed by atoms with E-state index in [0.717, 1.165) is 32.1 Å². The van der Waals surface area contributed by atoms with Crippen molar-refractivity contribution in [1.29, 1.82) is 0 Å². The topological polar surface area (TPSA) is 74.2 Å². The maximum Gasteiger partial charge on any atom is 0.315 e. The van der Waals surface area contributed by atoms with E-state index in [1.165, 1.54) is 7.11 Å². The summed E-state index contributed by atoms with van der Waals surface area (Å²) in [6.07, 6.45) is 3.93. The van der Waals surface area contributed by atoms with Gasteiger partial charge in [-0.15, -0.1) is 0 Å². The van der Waals surface area contributed by atoms with E-state index in [-0.39, 0.29) is 34.2 Å². The van der Waals surface area contributed by atoms with Gasteiger partial charge in [0.2, 0.25) is 0 Å². The normalized spacial score (nSPS) is 43.1. The molecule has 6 nitrogen and oxygen atoms in total. The molecule has 33 heavy (non-hydrogen) atoms. The van der Waals surface area contributed by atoms with E-state index < -0.39 is 31.7 Å². The van der Waals surface area contributed by atoms with Crippen LogP contribution in [-0.4, -0.2) is 57.7 Å². The van der Waals surface area contributed by atoms with Crippen molar-refractivity contribution in [1.82, 2.24) is 0 Å². The van der Waals surface area contributed by atoms with Gasteiger partial charge in [0.05, 0.1) is 32.5 Å². The van der Waals surface area contributed by atoms with Crippen LogP contribution in [-0.2, 0) is 23.4 Å². The summed E-state index contributed by atoms with van der Waals surface area (Å²) in [5.41, 5.74) is -1.06. The Morgan fingerprint density at radius 3 is 2.21 bits per heavy atom. The van der Waals surface area contributed by atoms with E-state index in [1.54, 1.807) is 0 Å². The van der Waals surface area contributed by atoms with Crippen LogP contribution < -0.4 is 0 Å². The zero-order valence-electron chi connectivity index (χ0n) is 22.0. The Morgan fingerprint density at radius 2 is 1.64 bits per heavy atom. The van der Waals surface area contributed by atoms with Crippen LogP contribution in [0.1, 0.15) is 73.1 Å². The minimum Gasteiger partial charge on any atom is -0.468 e. The van der Waals surface area contributed by atoms with Crippen molar-refractivity contribution in [3.63, 3.8) is 0 Å². The molecule has 2 bridgehead atoms. The Kier molecular flexibility index (Phi) is 6.44. The highest BCUT2D eigenvalue weighted by atomic mass is 28.4. The molecule has 0 aromatic carbocycles. The molecule has 4 aliphatic rings. The average molecular weight is 483 g/mol. The average Bonchev–Trinajstić information content (AvgIpc) is 3.31. The lowest BCUT2D eigenvalue weighted by atomic mass is 9.45. The Labute approximate surface area is 201 Å². The van der Waals surface area contributed by atoms with Crippen LogP contribution in [0.4, 0.5) is 0 Å². The van der Waals surface area contributed by atoms with E-state index in [9.17, 15) is 9.90 Å². The molecule has 190 valence electrons. The molecular weight excluding hydrogens is 436 g/mol. The number of hydrogen-bond acceptors (Lipinski definition) is 6. The van der Waals surface area contributed by atoms with E-state index in [0.29, 0.717) is 19.6 Å². The number of aliphatic hydroxyl groups is 1. The standard InChI is InChI=1S/C26H46O6Si/c1-17-9-11-24-12-10-19(27)21(24)26(17,22(28)29-6)20(32-33(7,8)23(3,4)5)16-25(15-18(24)2)30-13-14-31-25/h17-21,27H,9-16H2,1-8H3/t17-,18+,19+,20-,21-,24+,26-/m1/s1. The van der Waals surface area contributed by atoms with E-state index in [1.807, 2.05) is 0 Å². The molecular formula is C26H46O6Si. The van der Waals surface area contributed by atoms with E-state index >= 15 is 0 Å². The van der Waals surface area contributed by atoms with Gasteiger partial charge in [-0.25, -0.2) is 0 Å². The van der Waals surface area contributed by atoms with Gasteiger partial charge in [-0.3, -0.25) is 4.79 Å². The van der Waals surface area contributed by atoms with Gasteiger partial charge in [0, 0.05) is 18.8 Å². The lowest BCUT2D eigenvalue weighted by molar-refractivity contribution is -0.254. The van der Waals surface area contributed by atoms with Crippen LogP contribution in [0.15, 0.2) is 0 Å². The number of aliphatic hydroxyl groups excluding tert-OH is 1. The number of rotatable bonds is 3. The molecule has 0 radical (unpaired) electrons. The highest BCUT2D eigenvalue weighted by Crippen LogP contribution is 2.69. The SMILES string of the molecule is COC(=O)[C@@]12[C@H](C)CC[C@]3(CC[C@H](O)[C@H]31)[C@@H](C)CC1(C[C@H]2O[Si](C)(C)C(C)(C)C)OCCO1. The minimum absolute atomic E-state index is 0.0200. The number of esters is 1. The molecule has 1 spiro atoms. The van der Waals surface area contributed by atoms with Gasteiger partial charge < -0.3 is 23.7 Å². The second-order valence-corrected chi connectivity index (χ2v) is 17.7. The Bertz CT molecular complexity index is 756. The lowest BCUT2D eigenvalue weighted by Gasteiger charge is -2.62. The van der Waals surface area contributed by atoms with Gasteiger partial charge in [-0.1, -0.05) is 34.6 Å². The van der Waals surface area contributed by atoms with Crippen LogP contribution in [0.25, 0.3) is 0 Å². The third-order valence-corrected chi connectivity index (χ3v) is 15.0. The molecule has 0 amide bonds. The van der Waals surface area contributed by atoms with Gasteiger partial charge >= 0.3 is 5.97 Å². The van der Waals surface area contributed by atoms with Crippen LogP contribution in [0, 0.1) is 28.6 Å². The summed E-state index contributed by atoms with van der Waals surface area (Å²) in [5.74, 6) is -0.841. The summed E-state index contributed by atoms with van der Waals surface area (Å²) in [6.45, 7) is 16.8. The number of carbonyl (C=O) groups is 1. The molecule has 0 aromatic heterocycles. The van der Waals surface area contributed by atoms with Crippen molar-refractivity contribution in [3.05, 3.63) is 0 Å². The summed E-state index contributed by atoms with van der Waals surface area (Å²) in [4.78, 5) is 14.0.